The van der Waals surface area contributed by atoms with Crippen molar-refractivity contribution in [2.24, 2.45) is 17.1 Å². The minimum atomic E-state index is -0.763. The summed E-state index contributed by atoms with van der Waals surface area (Å²) >= 11 is 0. The number of aliphatic carboxylic acids is 1. The Bertz CT molecular complexity index is 336. The van der Waals surface area contributed by atoms with Crippen LogP contribution in [0.5, 0.6) is 0 Å². The number of rotatable bonds is 8. The number of amides is 1. The fraction of sp³-hybridized carbons (Fsp3) is 0.875. The largest absolute Gasteiger partial charge is 0.481 e. The maximum Gasteiger partial charge on any atom is 0.311 e. The van der Waals surface area contributed by atoms with Crippen LogP contribution in [-0.2, 0) is 9.59 Å². The van der Waals surface area contributed by atoms with Gasteiger partial charge in [-0.15, -0.1) is 0 Å². The molecule has 1 unspecified atom stereocenters. The lowest BCUT2D eigenvalue weighted by Gasteiger charge is -2.28. The van der Waals surface area contributed by atoms with Crippen LogP contribution in [0.4, 0.5) is 0 Å². The van der Waals surface area contributed by atoms with Gasteiger partial charge in [0.2, 0.25) is 5.91 Å². The summed E-state index contributed by atoms with van der Waals surface area (Å²) in [5.41, 5.74) is 4.74. The number of carboxylic acid groups (broad SMARTS) is 1. The van der Waals surface area contributed by atoms with Crippen molar-refractivity contribution < 1.29 is 14.7 Å². The molecule has 0 heterocycles. The van der Waals surface area contributed by atoms with Gasteiger partial charge < -0.3 is 16.2 Å². The second kappa shape index (κ2) is 9.03. The van der Waals surface area contributed by atoms with Gasteiger partial charge in [-0.25, -0.2) is 0 Å². The summed E-state index contributed by atoms with van der Waals surface area (Å²) in [5, 5.41) is 12.4. The molecule has 0 bridgehead atoms. The maximum absolute atomic E-state index is 11.9. The molecule has 1 aliphatic rings. The van der Waals surface area contributed by atoms with Gasteiger partial charge in [0.25, 0.3) is 0 Å². The number of nitrogens with two attached hydrogens (primary N) is 1. The molecule has 122 valence electrons. The van der Waals surface area contributed by atoms with Crippen molar-refractivity contribution in [3.63, 3.8) is 0 Å². The van der Waals surface area contributed by atoms with E-state index in [1.807, 2.05) is 0 Å². The molecule has 4 N–H and O–H groups in total. The Hall–Kier alpha value is -1.10. The molecule has 0 saturated heterocycles. The highest BCUT2D eigenvalue weighted by Crippen LogP contribution is 2.34. The molecule has 0 aromatic heterocycles. The third kappa shape index (κ3) is 6.04. The first kappa shape index (κ1) is 18.0. The molecular weight excluding hydrogens is 268 g/mol. The van der Waals surface area contributed by atoms with Crippen molar-refractivity contribution in [3.8, 4) is 0 Å². The summed E-state index contributed by atoms with van der Waals surface area (Å²) in [5.74, 6) is -0.364. The topological polar surface area (TPSA) is 92.4 Å². The van der Waals surface area contributed by atoms with Gasteiger partial charge in [0, 0.05) is 13.0 Å². The minimum absolute atomic E-state index is 0.0382. The monoisotopic (exact) mass is 298 g/mol. The van der Waals surface area contributed by atoms with Crippen LogP contribution in [0.25, 0.3) is 0 Å². The van der Waals surface area contributed by atoms with Gasteiger partial charge in [-0.3, -0.25) is 9.59 Å². The first-order valence-electron chi connectivity index (χ1n) is 8.20. The van der Waals surface area contributed by atoms with Crippen LogP contribution in [0.1, 0.15) is 64.7 Å². The third-order valence-electron chi connectivity index (χ3n) is 4.66. The van der Waals surface area contributed by atoms with Crippen molar-refractivity contribution >= 4 is 11.9 Å². The number of hydrogen-bond acceptors (Lipinski definition) is 3. The second-order valence-electron chi connectivity index (χ2n) is 6.50. The van der Waals surface area contributed by atoms with Crippen LogP contribution in [0.15, 0.2) is 0 Å². The minimum Gasteiger partial charge on any atom is -0.481 e. The van der Waals surface area contributed by atoms with Gasteiger partial charge in [0.05, 0.1) is 5.41 Å². The van der Waals surface area contributed by atoms with E-state index in [-0.39, 0.29) is 12.5 Å². The highest BCUT2D eigenvalue weighted by Gasteiger charge is 2.38. The van der Waals surface area contributed by atoms with Crippen molar-refractivity contribution in [1.29, 1.82) is 0 Å². The molecule has 1 rings (SSSR count). The smallest absolute Gasteiger partial charge is 0.311 e. The van der Waals surface area contributed by atoms with E-state index < -0.39 is 11.4 Å². The maximum atomic E-state index is 11.9. The van der Waals surface area contributed by atoms with Gasteiger partial charge in [-0.1, -0.05) is 32.6 Å². The number of carbonyl (C=O) groups is 2. The molecular formula is C16H30N2O3. The first-order valence-corrected chi connectivity index (χ1v) is 8.20. The number of nitrogens with one attached hydrogen (secondary N) is 1. The van der Waals surface area contributed by atoms with E-state index in [9.17, 15) is 14.7 Å². The van der Waals surface area contributed by atoms with Gasteiger partial charge in [0.15, 0.2) is 0 Å². The zero-order valence-electron chi connectivity index (χ0n) is 13.2. The van der Waals surface area contributed by atoms with Crippen molar-refractivity contribution in [2.45, 2.75) is 64.7 Å². The Kier molecular flexibility index (Phi) is 7.72. The number of hydrogen-bond donors (Lipinski definition) is 3. The standard InChI is InChI=1S/C16H30N2O3/c1-13(8-11-17)6-7-14(19)18-12-16(15(20)21)9-4-2-3-5-10-16/h13H,2-12,17H2,1H3,(H,18,19)(H,20,21). The molecule has 0 aromatic carbocycles. The van der Waals surface area contributed by atoms with E-state index >= 15 is 0 Å². The molecule has 1 atom stereocenters. The molecule has 5 nitrogen and oxygen atoms in total. The van der Waals surface area contributed by atoms with Crippen LogP contribution in [0, 0.1) is 11.3 Å². The van der Waals surface area contributed by atoms with E-state index in [0.717, 1.165) is 38.5 Å². The van der Waals surface area contributed by atoms with Crippen LogP contribution in [-0.4, -0.2) is 30.1 Å². The third-order valence-corrected chi connectivity index (χ3v) is 4.66. The molecule has 1 saturated carbocycles. The predicted octanol–water partition coefficient (Wildman–Crippen LogP) is 2.29. The Morgan fingerprint density at radius 2 is 1.81 bits per heavy atom. The zero-order chi connectivity index (χ0) is 15.7. The van der Waals surface area contributed by atoms with Crippen LogP contribution in [0.3, 0.4) is 0 Å². The lowest BCUT2D eigenvalue weighted by atomic mass is 9.80. The summed E-state index contributed by atoms with van der Waals surface area (Å²) in [6.07, 6.45) is 7.61. The van der Waals surface area contributed by atoms with Crippen molar-refractivity contribution in [1.82, 2.24) is 5.32 Å². The predicted molar refractivity (Wildman–Crippen MR) is 82.8 cm³/mol. The fourth-order valence-corrected chi connectivity index (χ4v) is 3.03. The molecule has 1 fully saturated rings. The molecule has 0 aliphatic heterocycles. The molecule has 0 spiro atoms. The Labute approximate surface area is 127 Å². The summed E-state index contributed by atoms with van der Waals surface area (Å²) in [4.78, 5) is 23.5. The quantitative estimate of drug-likeness (QED) is 0.599. The molecule has 0 aromatic rings. The lowest BCUT2D eigenvalue weighted by Crippen LogP contribution is -2.42. The highest BCUT2D eigenvalue weighted by molar-refractivity contribution is 5.79. The molecule has 21 heavy (non-hydrogen) atoms. The summed E-state index contributed by atoms with van der Waals surface area (Å²) in [6.45, 7) is 3.00. The Morgan fingerprint density at radius 1 is 1.19 bits per heavy atom. The lowest BCUT2D eigenvalue weighted by molar-refractivity contribution is -0.149. The summed E-state index contributed by atoms with van der Waals surface area (Å²) in [7, 11) is 0. The molecule has 1 aliphatic carbocycles. The normalized spacial score (nSPS) is 19.5. The Balaban J connectivity index is 2.42. The average molecular weight is 298 g/mol. The fourth-order valence-electron chi connectivity index (χ4n) is 3.03. The van der Waals surface area contributed by atoms with Crippen molar-refractivity contribution in [3.05, 3.63) is 0 Å². The second-order valence-corrected chi connectivity index (χ2v) is 6.50. The summed E-state index contributed by atoms with van der Waals surface area (Å²) < 4.78 is 0. The van der Waals surface area contributed by atoms with E-state index in [4.69, 9.17) is 5.73 Å². The van der Waals surface area contributed by atoms with E-state index in [0.29, 0.717) is 31.7 Å². The number of carbonyl (C=O) groups excluding carboxylic acids is 1. The zero-order valence-corrected chi connectivity index (χ0v) is 13.2. The molecule has 0 radical (unpaired) electrons. The van der Waals surface area contributed by atoms with Gasteiger partial charge in [-0.05, 0) is 38.1 Å². The van der Waals surface area contributed by atoms with Crippen LogP contribution in [0.2, 0.25) is 0 Å². The number of carboxylic acids is 1. The van der Waals surface area contributed by atoms with E-state index in [2.05, 4.69) is 12.2 Å². The Morgan fingerprint density at radius 3 is 2.33 bits per heavy atom. The van der Waals surface area contributed by atoms with E-state index in [1.54, 1.807) is 0 Å². The van der Waals surface area contributed by atoms with Gasteiger partial charge >= 0.3 is 5.97 Å². The molecule has 1 amide bonds. The van der Waals surface area contributed by atoms with Crippen LogP contribution >= 0.6 is 0 Å². The van der Waals surface area contributed by atoms with Crippen molar-refractivity contribution in [2.75, 3.05) is 13.1 Å². The van der Waals surface area contributed by atoms with Gasteiger partial charge in [-0.2, -0.15) is 0 Å². The van der Waals surface area contributed by atoms with Gasteiger partial charge in [0.1, 0.15) is 0 Å². The average Bonchev–Trinajstić information content (AvgIpc) is 2.70. The summed E-state index contributed by atoms with van der Waals surface area (Å²) in [6, 6.07) is 0. The molecule has 5 heteroatoms. The highest BCUT2D eigenvalue weighted by atomic mass is 16.4. The van der Waals surface area contributed by atoms with E-state index in [1.165, 1.54) is 0 Å². The first-order chi connectivity index (χ1) is 10.00. The SMILES string of the molecule is CC(CCN)CCC(=O)NCC1(C(=O)O)CCCCCC1. The van der Waals surface area contributed by atoms with Crippen LogP contribution < -0.4 is 11.1 Å².